The molecule has 1 atom stereocenters. The zero-order valence-electron chi connectivity index (χ0n) is 15.1. The van der Waals surface area contributed by atoms with E-state index in [1.54, 1.807) is 10.6 Å². The normalized spacial score (nSPS) is 12.8. The first-order valence-corrected chi connectivity index (χ1v) is 9.25. The van der Waals surface area contributed by atoms with Crippen LogP contribution in [0.5, 0.6) is 0 Å². The lowest BCUT2D eigenvalue weighted by Crippen LogP contribution is -2.11. The zero-order valence-corrected chi connectivity index (χ0v) is 15.8. The van der Waals surface area contributed by atoms with Crippen molar-refractivity contribution in [3.8, 4) is 0 Å². The summed E-state index contributed by atoms with van der Waals surface area (Å²) in [5.41, 5.74) is 5.03. The number of rotatable bonds is 5. The fraction of sp³-hybridized carbons (Fsp3) is 0.316. The largest absolute Gasteiger partial charge is 0.362 e. The summed E-state index contributed by atoms with van der Waals surface area (Å²) in [4.78, 5) is 9.17. The standard InChI is InChI=1S/C19H21ClN6/c1-4-13-10-21-26-18(9-16(20)24-19(13)26)22-12(3)15-11-25-14(5-2)7-6-8-17(25)23-15/h6-12,22H,4-5H2,1-3H3. The van der Waals surface area contributed by atoms with Crippen LogP contribution in [0.4, 0.5) is 5.82 Å². The van der Waals surface area contributed by atoms with Gasteiger partial charge in [-0.2, -0.15) is 9.61 Å². The maximum atomic E-state index is 6.23. The molecule has 134 valence electrons. The molecule has 0 aromatic carbocycles. The van der Waals surface area contributed by atoms with Crippen LogP contribution in [0.1, 0.15) is 43.8 Å². The molecule has 4 aromatic heterocycles. The average Bonchev–Trinajstić information content (AvgIpc) is 3.25. The molecule has 0 saturated carbocycles. The second-order valence-electron chi connectivity index (χ2n) is 6.35. The number of halogens is 1. The number of aryl methyl sites for hydroxylation is 2. The quantitative estimate of drug-likeness (QED) is 0.533. The molecule has 1 N–H and O–H groups in total. The van der Waals surface area contributed by atoms with Crippen LogP contribution in [0.25, 0.3) is 11.3 Å². The molecule has 4 heterocycles. The Morgan fingerprint density at radius 1 is 1.19 bits per heavy atom. The van der Waals surface area contributed by atoms with Crippen LogP contribution >= 0.6 is 11.6 Å². The molecule has 4 aromatic rings. The van der Waals surface area contributed by atoms with Gasteiger partial charge in [-0.25, -0.2) is 9.97 Å². The first-order chi connectivity index (χ1) is 12.6. The van der Waals surface area contributed by atoms with Gasteiger partial charge in [-0.05, 0) is 31.9 Å². The molecule has 0 saturated heterocycles. The van der Waals surface area contributed by atoms with Gasteiger partial charge in [0.2, 0.25) is 0 Å². The van der Waals surface area contributed by atoms with Gasteiger partial charge in [0.15, 0.2) is 5.65 Å². The van der Waals surface area contributed by atoms with Crippen LogP contribution in [-0.4, -0.2) is 24.0 Å². The first kappa shape index (κ1) is 16.8. The number of hydrogen-bond donors (Lipinski definition) is 1. The van der Waals surface area contributed by atoms with Crippen LogP contribution in [0.15, 0.2) is 36.7 Å². The van der Waals surface area contributed by atoms with E-state index in [-0.39, 0.29) is 6.04 Å². The van der Waals surface area contributed by atoms with Gasteiger partial charge in [0.1, 0.15) is 16.6 Å². The molecule has 0 aliphatic heterocycles. The molecule has 7 heteroatoms. The smallest absolute Gasteiger partial charge is 0.162 e. The van der Waals surface area contributed by atoms with Gasteiger partial charge in [0.25, 0.3) is 0 Å². The third-order valence-electron chi connectivity index (χ3n) is 4.66. The van der Waals surface area contributed by atoms with Crippen molar-refractivity contribution in [3.63, 3.8) is 0 Å². The van der Waals surface area contributed by atoms with Crippen LogP contribution in [0.2, 0.25) is 5.15 Å². The predicted octanol–water partition coefficient (Wildman–Crippen LogP) is 4.33. The van der Waals surface area contributed by atoms with Gasteiger partial charge in [-0.15, -0.1) is 0 Å². The Bertz CT molecular complexity index is 1080. The maximum Gasteiger partial charge on any atom is 0.162 e. The van der Waals surface area contributed by atoms with E-state index >= 15 is 0 Å². The van der Waals surface area contributed by atoms with Crippen LogP contribution in [0, 0.1) is 0 Å². The second-order valence-corrected chi connectivity index (χ2v) is 6.74. The number of aromatic nitrogens is 5. The molecule has 1 unspecified atom stereocenters. The minimum absolute atomic E-state index is 0.00412. The molecule has 0 amide bonds. The molecule has 0 fully saturated rings. The van der Waals surface area contributed by atoms with E-state index in [0.717, 1.165) is 41.2 Å². The number of pyridine rings is 1. The van der Waals surface area contributed by atoms with Crippen LogP contribution < -0.4 is 5.32 Å². The van der Waals surface area contributed by atoms with E-state index in [9.17, 15) is 0 Å². The summed E-state index contributed by atoms with van der Waals surface area (Å²) in [6, 6.07) is 7.99. The minimum atomic E-state index is -0.00412. The number of nitrogens with zero attached hydrogens (tertiary/aromatic N) is 5. The van der Waals surface area contributed by atoms with Crippen molar-refractivity contribution >= 4 is 28.7 Å². The summed E-state index contributed by atoms with van der Waals surface area (Å²) in [5, 5.41) is 8.38. The van der Waals surface area contributed by atoms with Gasteiger partial charge < -0.3 is 9.72 Å². The second kappa shape index (κ2) is 6.61. The van der Waals surface area contributed by atoms with Crippen LogP contribution in [0.3, 0.4) is 0 Å². The topological polar surface area (TPSA) is 59.5 Å². The van der Waals surface area contributed by atoms with E-state index in [2.05, 4.69) is 52.8 Å². The van der Waals surface area contributed by atoms with E-state index in [0.29, 0.717) is 5.15 Å². The first-order valence-electron chi connectivity index (χ1n) is 8.87. The number of imidazole rings is 1. The summed E-state index contributed by atoms with van der Waals surface area (Å²) in [7, 11) is 0. The average molecular weight is 369 g/mol. The highest BCUT2D eigenvalue weighted by Crippen LogP contribution is 2.24. The Balaban J connectivity index is 1.71. The highest BCUT2D eigenvalue weighted by Gasteiger charge is 2.15. The molecule has 0 spiro atoms. The van der Waals surface area contributed by atoms with Gasteiger partial charge in [0, 0.05) is 23.5 Å². The Labute approximate surface area is 156 Å². The SMILES string of the molecule is CCc1cnn2c(NC(C)c3cn4c(CC)cccc4n3)cc(Cl)nc12. The summed E-state index contributed by atoms with van der Waals surface area (Å²) in [5.74, 6) is 0.806. The Hall–Kier alpha value is -2.60. The molecule has 0 radical (unpaired) electrons. The van der Waals surface area contributed by atoms with Gasteiger partial charge >= 0.3 is 0 Å². The van der Waals surface area contributed by atoms with E-state index in [4.69, 9.17) is 16.6 Å². The fourth-order valence-corrected chi connectivity index (χ4v) is 3.39. The van der Waals surface area contributed by atoms with Crippen molar-refractivity contribution < 1.29 is 0 Å². The molecular formula is C19H21ClN6. The lowest BCUT2D eigenvalue weighted by molar-refractivity contribution is 0.818. The monoisotopic (exact) mass is 368 g/mol. The van der Waals surface area contributed by atoms with Gasteiger partial charge in [-0.1, -0.05) is 31.5 Å². The number of fused-ring (bicyclic) bond motifs is 2. The molecule has 0 aliphatic carbocycles. The molecule has 6 nitrogen and oxygen atoms in total. The van der Waals surface area contributed by atoms with E-state index < -0.39 is 0 Å². The van der Waals surface area contributed by atoms with Crippen molar-refractivity contribution in [1.29, 1.82) is 0 Å². The predicted molar refractivity (Wildman–Crippen MR) is 104 cm³/mol. The van der Waals surface area contributed by atoms with Crippen molar-refractivity contribution in [3.05, 3.63) is 58.8 Å². The molecule has 0 aliphatic rings. The molecular weight excluding hydrogens is 348 g/mol. The highest BCUT2D eigenvalue weighted by atomic mass is 35.5. The Kier molecular flexibility index (Phi) is 4.28. The summed E-state index contributed by atoms with van der Waals surface area (Å²) < 4.78 is 3.94. The van der Waals surface area contributed by atoms with Crippen LogP contribution in [-0.2, 0) is 12.8 Å². The van der Waals surface area contributed by atoms with Crippen molar-refractivity contribution in [2.24, 2.45) is 0 Å². The lowest BCUT2D eigenvalue weighted by Gasteiger charge is -2.14. The minimum Gasteiger partial charge on any atom is -0.362 e. The zero-order chi connectivity index (χ0) is 18.3. The van der Waals surface area contributed by atoms with E-state index in [1.165, 1.54) is 5.69 Å². The van der Waals surface area contributed by atoms with Crippen molar-refractivity contribution in [2.45, 2.75) is 39.7 Å². The number of hydrogen-bond acceptors (Lipinski definition) is 4. The fourth-order valence-electron chi connectivity index (χ4n) is 3.21. The summed E-state index contributed by atoms with van der Waals surface area (Å²) in [6.07, 6.45) is 5.75. The summed E-state index contributed by atoms with van der Waals surface area (Å²) in [6.45, 7) is 6.31. The Morgan fingerprint density at radius 2 is 2.04 bits per heavy atom. The van der Waals surface area contributed by atoms with Crippen molar-refractivity contribution in [1.82, 2.24) is 24.0 Å². The Morgan fingerprint density at radius 3 is 2.81 bits per heavy atom. The highest BCUT2D eigenvalue weighted by molar-refractivity contribution is 6.29. The summed E-state index contributed by atoms with van der Waals surface area (Å²) >= 11 is 6.23. The molecule has 26 heavy (non-hydrogen) atoms. The number of nitrogens with one attached hydrogen (secondary N) is 1. The maximum absolute atomic E-state index is 6.23. The van der Waals surface area contributed by atoms with Crippen molar-refractivity contribution in [2.75, 3.05) is 5.32 Å². The van der Waals surface area contributed by atoms with E-state index in [1.807, 2.05) is 18.3 Å². The molecule has 4 rings (SSSR count). The van der Waals surface area contributed by atoms with Gasteiger partial charge in [-0.3, -0.25) is 0 Å². The number of anilines is 1. The lowest BCUT2D eigenvalue weighted by atomic mass is 10.2. The molecule has 0 bridgehead atoms. The third-order valence-corrected chi connectivity index (χ3v) is 4.85. The third kappa shape index (κ3) is 2.80. The van der Waals surface area contributed by atoms with Gasteiger partial charge in [0.05, 0.1) is 17.9 Å².